The summed E-state index contributed by atoms with van der Waals surface area (Å²) < 4.78 is 0. The van der Waals surface area contributed by atoms with Gasteiger partial charge in [0.1, 0.15) is 4.88 Å². The van der Waals surface area contributed by atoms with Crippen LogP contribution in [0.4, 0.5) is 0 Å². The SMILES string of the molecule is [N-]=[N+]=NCCC=Cc1ccsc1C(=O)O. The van der Waals surface area contributed by atoms with E-state index in [1.165, 1.54) is 11.3 Å². The Kier molecular flexibility index (Phi) is 4.40. The first-order chi connectivity index (χ1) is 7.25. The second kappa shape index (κ2) is 5.85. The van der Waals surface area contributed by atoms with E-state index in [0.717, 1.165) is 0 Å². The lowest BCUT2D eigenvalue weighted by Crippen LogP contribution is -1.93. The van der Waals surface area contributed by atoms with Crippen molar-refractivity contribution in [2.45, 2.75) is 6.42 Å². The van der Waals surface area contributed by atoms with E-state index in [1.807, 2.05) is 0 Å². The molecule has 15 heavy (non-hydrogen) atoms. The molecule has 1 N–H and O–H groups in total. The summed E-state index contributed by atoms with van der Waals surface area (Å²) >= 11 is 1.19. The summed E-state index contributed by atoms with van der Waals surface area (Å²) in [5.74, 6) is -0.917. The normalized spacial score (nSPS) is 10.1. The van der Waals surface area contributed by atoms with Gasteiger partial charge in [-0.1, -0.05) is 17.3 Å². The van der Waals surface area contributed by atoms with E-state index in [0.29, 0.717) is 23.4 Å². The summed E-state index contributed by atoms with van der Waals surface area (Å²) in [5.41, 5.74) is 8.71. The third kappa shape index (κ3) is 3.46. The fourth-order valence-corrected chi connectivity index (χ4v) is 1.74. The molecule has 78 valence electrons. The van der Waals surface area contributed by atoms with Crippen LogP contribution in [0.1, 0.15) is 21.7 Å². The first-order valence-corrected chi connectivity index (χ1v) is 5.12. The van der Waals surface area contributed by atoms with Crippen molar-refractivity contribution in [2.24, 2.45) is 5.11 Å². The monoisotopic (exact) mass is 223 g/mol. The highest BCUT2D eigenvalue weighted by molar-refractivity contribution is 7.12. The van der Waals surface area contributed by atoms with Gasteiger partial charge in [-0.2, -0.15) is 0 Å². The van der Waals surface area contributed by atoms with Gasteiger partial charge in [0.2, 0.25) is 0 Å². The Morgan fingerprint density at radius 1 is 1.73 bits per heavy atom. The van der Waals surface area contributed by atoms with Crippen LogP contribution in [0.2, 0.25) is 0 Å². The molecular formula is C9H9N3O2S. The molecule has 0 unspecified atom stereocenters. The molecule has 0 radical (unpaired) electrons. The molecule has 6 heteroatoms. The van der Waals surface area contributed by atoms with Crippen LogP contribution >= 0.6 is 11.3 Å². The van der Waals surface area contributed by atoms with Gasteiger partial charge in [-0.15, -0.1) is 11.3 Å². The number of hydrogen-bond donors (Lipinski definition) is 1. The molecule has 0 bridgehead atoms. The molecule has 0 aliphatic rings. The van der Waals surface area contributed by atoms with Crippen LogP contribution in [0.5, 0.6) is 0 Å². The predicted octanol–water partition coefficient (Wildman–Crippen LogP) is 3.16. The Labute approximate surface area is 90.3 Å². The van der Waals surface area contributed by atoms with Crippen molar-refractivity contribution in [3.8, 4) is 0 Å². The zero-order valence-electron chi connectivity index (χ0n) is 7.83. The molecule has 0 spiro atoms. The molecule has 0 saturated carbocycles. The molecule has 1 rings (SSSR count). The second-order valence-corrected chi connectivity index (χ2v) is 3.57. The van der Waals surface area contributed by atoms with Crippen LogP contribution < -0.4 is 0 Å². The fourth-order valence-electron chi connectivity index (χ4n) is 1.01. The van der Waals surface area contributed by atoms with Crippen LogP contribution in [0, 0.1) is 0 Å². The number of azide groups is 1. The lowest BCUT2D eigenvalue weighted by atomic mass is 10.2. The highest BCUT2D eigenvalue weighted by Crippen LogP contribution is 2.18. The third-order valence-electron chi connectivity index (χ3n) is 1.65. The van der Waals surface area contributed by atoms with E-state index in [1.54, 1.807) is 23.6 Å². The lowest BCUT2D eigenvalue weighted by molar-refractivity contribution is 0.0702. The van der Waals surface area contributed by atoms with Gasteiger partial charge in [0.05, 0.1) is 0 Å². The Morgan fingerprint density at radius 3 is 3.20 bits per heavy atom. The van der Waals surface area contributed by atoms with Crippen LogP contribution in [0.15, 0.2) is 22.6 Å². The quantitative estimate of drug-likeness (QED) is 0.359. The first kappa shape index (κ1) is 11.3. The van der Waals surface area contributed by atoms with Gasteiger partial charge in [-0.05, 0) is 29.0 Å². The van der Waals surface area contributed by atoms with E-state index >= 15 is 0 Å². The maximum atomic E-state index is 10.7. The Morgan fingerprint density at radius 2 is 2.53 bits per heavy atom. The molecule has 0 atom stereocenters. The van der Waals surface area contributed by atoms with Gasteiger partial charge in [0, 0.05) is 11.5 Å². The topological polar surface area (TPSA) is 86.1 Å². The summed E-state index contributed by atoms with van der Waals surface area (Å²) in [6, 6.07) is 1.75. The van der Waals surface area contributed by atoms with E-state index in [2.05, 4.69) is 10.0 Å². The maximum absolute atomic E-state index is 10.7. The lowest BCUT2D eigenvalue weighted by Gasteiger charge is -1.91. The number of carboxylic acids is 1. The zero-order valence-corrected chi connectivity index (χ0v) is 8.65. The van der Waals surface area contributed by atoms with Crippen molar-refractivity contribution >= 4 is 23.4 Å². The summed E-state index contributed by atoms with van der Waals surface area (Å²) in [6.07, 6.45) is 4.13. The molecule has 1 aromatic heterocycles. The van der Waals surface area contributed by atoms with E-state index in [-0.39, 0.29) is 0 Å². The van der Waals surface area contributed by atoms with E-state index in [4.69, 9.17) is 10.6 Å². The van der Waals surface area contributed by atoms with Gasteiger partial charge >= 0.3 is 5.97 Å². The van der Waals surface area contributed by atoms with Crippen LogP contribution in [0.3, 0.4) is 0 Å². The van der Waals surface area contributed by atoms with Gasteiger partial charge < -0.3 is 5.11 Å². The Hall–Kier alpha value is -1.78. The largest absolute Gasteiger partial charge is 0.477 e. The number of aromatic carboxylic acids is 1. The minimum atomic E-state index is -0.917. The Balaban J connectivity index is 2.60. The number of hydrogen-bond acceptors (Lipinski definition) is 3. The average Bonchev–Trinajstić information content (AvgIpc) is 2.66. The van der Waals surface area contributed by atoms with Crippen molar-refractivity contribution in [3.05, 3.63) is 38.4 Å². The molecular weight excluding hydrogens is 214 g/mol. The third-order valence-corrected chi connectivity index (χ3v) is 2.56. The molecule has 1 aromatic rings. The highest BCUT2D eigenvalue weighted by Gasteiger charge is 2.08. The number of carbonyl (C=O) groups is 1. The minimum absolute atomic E-state index is 0.329. The van der Waals surface area contributed by atoms with Crippen molar-refractivity contribution in [3.63, 3.8) is 0 Å². The summed E-state index contributed by atoms with van der Waals surface area (Å²) in [4.78, 5) is 13.7. The van der Waals surface area contributed by atoms with Gasteiger partial charge in [0.25, 0.3) is 0 Å². The van der Waals surface area contributed by atoms with Gasteiger partial charge in [-0.3, -0.25) is 0 Å². The van der Waals surface area contributed by atoms with Crippen LogP contribution in [-0.2, 0) is 0 Å². The summed E-state index contributed by atoms with van der Waals surface area (Å²) in [6.45, 7) is 0.388. The smallest absolute Gasteiger partial charge is 0.346 e. The predicted molar refractivity (Wildman–Crippen MR) is 58.9 cm³/mol. The maximum Gasteiger partial charge on any atom is 0.346 e. The van der Waals surface area contributed by atoms with Crippen LogP contribution in [-0.4, -0.2) is 17.6 Å². The number of rotatable bonds is 5. The second-order valence-electron chi connectivity index (χ2n) is 2.66. The molecule has 0 aliphatic carbocycles. The van der Waals surface area contributed by atoms with Gasteiger partial charge in [0.15, 0.2) is 0 Å². The van der Waals surface area contributed by atoms with Crippen molar-refractivity contribution in [1.82, 2.24) is 0 Å². The van der Waals surface area contributed by atoms with Crippen molar-refractivity contribution < 1.29 is 9.90 Å². The molecule has 1 heterocycles. The Bertz CT molecular complexity index is 419. The standard InChI is InChI=1S/C9H9N3O2S/c10-12-11-5-2-1-3-7-4-6-15-8(7)9(13)14/h1,3-4,6H,2,5H2,(H,13,14). The molecule has 5 nitrogen and oxygen atoms in total. The minimum Gasteiger partial charge on any atom is -0.477 e. The van der Waals surface area contributed by atoms with Crippen molar-refractivity contribution in [2.75, 3.05) is 6.54 Å². The molecule has 0 fully saturated rings. The van der Waals surface area contributed by atoms with Crippen molar-refractivity contribution in [1.29, 1.82) is 0 Å². The number of thiophene rings is 1. The number of nitrogens with zero attached hydrogens (tertiary/aromatic N) is 3. The first-order valence-electron chi connectivity index (χ1n) is 4.24. The van der Waals surface area contributed by atoms with E-state index < -0.39 is 5.97 Å². The molecule has 0 aromatic carbocycles. The number of carboxylic acid groups (broad SMARTS) is 1. The molecule has 0 aliphatic heterocycles. The molecule has 0 amide bonds. The highest BCUT2D eigenvalue weighted by atomic mass is 32.1. The van der Waals surface area contributed by atoms with Crippen LogP contribution in [0.25, 0.3) is 16.5 Å². The average molecular weight is 223 g/mol. The summed E-state index contributed by atoms with van der Waals surface area (Å²) in [5, 5.41) is 13.9. The fraction of sp³-hybridized carbons (Fsp3) is 0.222. The van der Waals surface area contributed by atoms with Gasteiger partial charge in [-0.25, -0.2) is 4.79 Å². The summed E-state index contributed by atoms with van der Waals surface area (Å²) in [7, 11) is 0. The molecule has 0 saturated heterocycles. The van der Waals surface area contributed by atoms with E-state index in [9.17, 15) is 4.79 Å². The zero-order chi connectivity index (χ0) is 11.1.